The van der Waals surface area contributed by atoms with Crippen molar-refractivity contribution in [3.05, 3.63) is 66.0 Å². The molecule has 1 fully saturated rings. The zero-order chi connectivity index (χ0) is 22.6. The molecule has 1 aromatic carbocycles. The Morgan fingerprint density at radius 3 is 2.70 bits per heavy atom. The third kappa shape index (κ3) is 9.29. The van der Waals surface area contributed by atoms with Gasteiger partial charge in [0.25, 0.3) is 0 Å². The summed E-state index contributed by atoms with van der Waals surface area (Å²) in [7, 11) is 1.82. The first-order chi connectivity index (χ1) is 15.7. The van der Waals surface area contributed by atoms with Crippen LogP contribution in [0.3, 0.4) is 0 Å². The zero-order valence-corrected chi connectivity index (χ0v) is 22.1. The lowest BCUT2D eigenvalue weighted by molar-refractivity contribution is -0.128. The first kappa shape index (κ1) is 27.0. The second-order valence-corrected chi connectivity index (χ2v) is 8.21. The van der Waals surface area contributed by atoms with Crippen molar-refractivity contribution in [3.8, 4) is 0 Å². The van der Waals surface area contributed by atoms with Gasteiger partial charge in [0, 0.05) is 57.6 Å². The van der Waals surface area contributed by atoms with Crippen molar-refractivity contribution < 1.29 is 4.79 Å². The van der Waals surface area contributed by atoms with Gasteiger partial charge in [-0.25, -0.2) is 4.99 Å². The maximum atomic E-state index is 12.5. The van der Waals surface area contributed by atoms with Gasteiger partial charge in [-0.15, -0.1) is 24.0 Å². The molecule has 1 unspecified atom stereocenters. The molecule has 0 radical (unpaired) electrons. The van der Waals surface area contributed by atoms with E-state index in [9.17, 15) is 4.79 Å². The summed E-state index contributed by atoms with van der Waals surface area (Å²) in [6.07, 6.45) is 4.91. The number of pyridine rings is 1. The minimum absolute atomic E-state index is 0. The predicted octanol–water partition coefficient (Wildman–Crippen LogP) is 2.92. The number of nitrogens with one attached hydrogen (secondary N) is 2. The second kappa shape index (κ2) is 14.8. The standard InChI is InChI=1S/C25H36N6O.HI/c1-3-26-25(29-19-24(32)30(2)17-14-22-12-7-8-15-27-22)28-18-23-13-9-16-31(23)20-21-10-5-4-6-11-21;/h4-8,10-12,15,23H,3,9,13-14,16-20H2,1-2H3,(H2,26,28,29);1H. The summed E-state index contributed by atoms with van der Waals surface area (Å²) < 4.78 is 0. The van der Waals surface area contributed by atoms with E-state index in [-0.39, 0.29) is 36.4 Å². The van der Waals surface area contributed by atoms with E-state index < -0.39 is 0 Å². The maximum absolute atomic E-state index is 12.5. The molecular weight excluding hydrogens is 527 g/mol. The molecule has 1 aromatic heterocycles. The van der Waals surface area contributed by atoms with Crippen LogP contribution in [0.4, 0.5) is 0 Å². The molecular formula is C25H37IN6O. The highest BCUT2D eigenvalue weighted by Crippen LogP contribution is 2.19. The van der Waals surface area contributed by atoms with E-state index in [4.69, 9.17) is 0 Å². The van der Waals surface area contributed by atoms with Crippen LogP contribution in [0.1, 0.15) is 31.0 Å². The minimum Gasteiger partial charge on any atom is -0.357 e. The summed E-state index contributed by atoms with van der Waals surface area (Å²) in [5.41, 5.74) is 2.33. The largest absolute Gasteiger partial charge is 0.357 e. The van der Waals surface area contributed by atoms with Crippen LogP contribution in [-0.2, 0) is 17.8 Å². The van der Waals surface area contributed by atoms with Gasteiger partial charge in [0.05, 0.1) is 0 Å². The Hall–Kier alpha value is -2.20. The third-order valence-corrected chi connectivity index (χ3v) is 5.80. The van der Waals surface area contributed by atoms with E-state index in [0.717, 1.165) is 38.3 Å². The van der Waals surface area contributed by atoms with E-state index in [1.165, 1.54) is 18.4 Å². The van der Waals surface area contributed by atoms with Crippen LogP contribution in [0.5, 0.6) is 0 Å². The summed E-state index contributed by atoms with van der Waals surface area (Å²) >= 11 is 0. The summed E-state index contributed by atoms with van der Waals surface area (Å²) in [5, 5.41) is 6.71. The van der Waals surface area contributed by atoms with Crippen LogP contribution in [0.15, 0.2) is 59.7 Å². The van der Waals surface area contributed by atoms with Crippen molar-refractivity contribution in [2.24, 2.45) is 4.99 Å². The number of hydrogen-bond acceptors (Lipinski definition) is 4. The van der Waals surface area contributed by atoms with Gasteiger partial charge in [-0.2, -0.15) is 0 Å². The molecule has 2 heterocycles. The highest BCUT2D eigenvalue weighted by Gasteiger charge is 2.24. The average molecular weight is 565 g/mol. The van der Waals surface area contributed by atoms with E-state index >= 15 is 0 Å². The van der Waals surface area contributed by atoms with Crippen molar-refractivity contribution in [1.82, 2.24) is 25.4 Å². The number of aromatic nitrogens is 1. The molecule has 1 atom stereocenters. The summed E-state index contributed by atoms with van der Waals surface area (Å²) in [4.78, 5) is 25.6. The van der Waals surface area contributed by atoms with E-state index in [1.807, 2.05) is 32.2 Å². The van der Waals surface area contributed by atoms with E-state index in [1.54, 1.807) is 11.1 Å². The van der Waals surface area contributed by atoms with Crippen LogP contribution in [0.2, 0.25) is 0 Å². The van der Waals surface area contributed by atoms with Crippen molar-refractivity contribution >= 4 is 35.8 Å². The van der Waals surface area contributed by atoms with Gasteiger partial charge in [0.1, 0.15) is 6.54 Å². The number of nitrogens with zero attached hydrogens (tertiary/aromatic N) is 4. The molecule has 33 heavy (non-hydrogen) atoms. The van der Waals surface area contributed by atoms with Crippen molar-refractivity contribution in [2.45, 2.75) is 38.8 Å². The van der Waals surface area contributed by atoms with Gasteiger partial charge in [0.2, 0.25) is 5.91 Å². The average Bonchev–Trinajstić information content (AvgIpc) is 3.27. The zero-order valence-electron chi connectivity index (χ0n) is 19.7. The maximum Gasteiger partial charge on any atom is 0.244 e. The normalized spacial score (nSPS) is 16.2. The molecule has 180 valence electrons. The molecule has 8 heteroatoms. The first-order valence-electron chi connectivity index (χ1n) is 11.6. The molecule has 2 N–H and O–H groups in total. The predicted molar refractivity (Wildman–Crippen MR) is 145 cm³/mol. The first-order valence-corrected chi connectivity index (χ1v) is 11.6. The number of carbonyl (C=O) groups excluding carboxylic acids is 1. The molecule has 0 bridgehead atoms. The second-order valence-electron chi connectivity index (χ2n) is 8.21. The SMILES string of the molecule is CCNC(=NCC(=O)N(C)CCc1ccccn1)NCC1CCCN1Cc1ccccc1.I. The van der Waals surface area contributed by atoms with Crippen LogP contribution >= 0.6 is 24.0 Å². The number of rotatable bonds is 10. The van der Waals surface area contributed by atoms with Crippen molar-refractivity contribution in [2.75, 3.05) is 39.8 Å². The number of hydrogen-bond donors (Lipinski definition) is 2. The van der Waals surface area contributed by atoms with Gasteiger partial charge in [-0.05, 0) is 44.0 Å². The molecule has 1 amide bonds. The Balaban J connectivity index is 0.00000385. The van der Waals surface area contributed by atoms with Crippen molar-refractivity contribution in [1.29, 1.82) is 0 Å². The van der Waals surface area contributed by atoms with E-state index in [0.29, 0.717) is 18.5 Å². The number of aliphatic imine (C=N–C) groups is 1. The molecule has 1 aliphatic rings. The molecule has 2 aromatic rings. The summed E-state index contributed by atoms with van der Waals surface area (Å²) in [6, 6.07) is 16.9. The fraction of sp³-hybridized carbons (Fsp3) is 0.480. The van der Waals surface area contributed by atoms with Crippen LogP contribution in [0.25, 0.3) is 0 Å². The number of carbonyl (C=O) groups is 1. The summed E-state index contributed by atoms with van der Waals surface area (Å²) in [5.74, 6) is 0.704. The topological polar surface area (TPSA) is 72.9 Å². The van der Waals surface area contributed by atoms with Crippen LogP contribution in [0, 0.1) is 0 Å². The lowest BCUT2D eigenvalue weighted by atomic mass is 10.2. The number of likely N-dealkylation sites (tertiary alicyclic amines) is 1. The smallest absolute Gasteiger partial charge is 0.244 e. The van der Waals surface area contributed by atoms with Crippen LogP contribution in [-0.4, -0.2) is 72.5 Å². The molecule has 1 saturated heterocycles. The van der Waals surface area contributed by atoms with Gasteiger partial charge in [-0.1, -0.05) is 36.4 Å². The Morgan fingerprint density at radius 2 is 1.97 bits per heavy atom. The fourth-order valence-electron chi connectivity index (χ4n) is 3.93. The monoisotopic (exact) mass is 564 g/mol. The van der Waals surface area contributed by atoms with E-state index in [2.05, 4.69) is 55.8 Å². The lowest BCUT2D eigenvalue weighted by Gasteiger charge is -2.25. The quantitative estimate of drug-likeness (QED) is 0.264. The van der Waals surface area contributed by atoms with Gasteiger partial charge >= 0.3 is 0 Å². The number of guanidine groups is 1. The van der Waals surface area contributed by atoms with Crippen LogP contribution < -0.4 is 10.6 Å². The lowest BCUT2D eigenvalue weighted by Crippen LogP contribution is -2.45. The number of benzene rings is 1. The van der Waals surface area contributed by atoms with Crippen molar-refractivity contribution in [3.63, 3.8) is 0 Å². The molecule has 1 aliphatic heterocycles. The minimum atomic E-state index is 0. The Morgan fingerprint density at radius 1 is 1.18 bits per heavy atom. The number of halogens is 1. The molecule has 7 nitrogen and oxygen atoms in total. The van der Waals surface area contributed by atoms with Gasteiger partial charge in [-0.3, -0.25) is 14.7 Å². The Labute approximate surface area is 215 Å². The molecule has 0 spiro atoms. The van der Waals surface area contributed by atoms with Gasteiger partial charge < -0.3 is 15.5 Å². The third-order valence-electron chi connectivity index (χ3n) is 5.80. The summed E-state index contributed by atoms with van der Waals surface area (Å²) in [6.45, 7) is 6.47. The highest BCUT2D eigenvalue weighted by molar-refractivity contribution is 14.0. The number of amides is 1. The number of likely N-dealkylation sites (N-methyl/N-ethyl adjacent to an activating group) is 1. The Bertz CT molecular complexity index is 848. The fourth-order valence-corrected chi connectivity index (χ4v) is 3.93. The molecule has 0 aliphatic carbocycles. The highest BCUT2D eigenvalue weighted by atomic mass is 127. The molecule has 3 rings (SSSR count). The van der Waals surface area contributed by atoms with Gasteiger partial charge in [0.15, 0.2) is 5.96 Å². The molecule has 0 saturated carbocycles. The Kier molecular flexibility index (Phi) is 12.2.